The maximum Gasteiger partial charge on any atom is 0.273 e. The zero-order valence-corrected chi connectivity index (χ0v) is 16.1. The maximum atomic E-state index is 12.9. The standard InChI is InChI=1S/C21H24N4O4/c26-17(11-25-19(28)16-4-2-1-3-15(16)18(27)24-25)22-23-20(29)21-8-12-5-13(9-21)7-14(6-12)10-21/h1-4,12-14H,5-11H2,(H,22,26)(H,23,29)(H,24,27). The highest BCUT2D eigenvalue weighted by Gasteiger charge is 2.54. The molecule has 0 aliphatic heterocycles. The second-order valence-electron chi connectivity index (χ2n) is 9.08. The number of fused-ring (bicyclic) bond motifs is 1. The summed E-state index contributed by atoms with van der Waals surface area (Å²) >= 11 is 0. The minimum absolute atomic E-state index is 0.121. The van der Waals surface area contributed by atoms with Gasteiger partial charge in [0, 0.05) is 0 Å². The van der Waals surface area contributed by atoms with E-state index in [1.165, 1.54) is 19.3 Å². The summed E-state index contributed by atoms with van der Waals surface area (Å²) in [5, 5.41) is 2.95. The lowest BCUT2D eigenvalue weighted by Gasteiger charge is -2.55. The first-order chi connectivity index (χ1) is 13.9. The van der Waals surface area contributed by atoms with Crippen LogP contribution in [-0.4, -0.2) is 21.6 Å². The average Bonchev–Trinajstić information content (AvgIpc) is 2.69. The topological polar surface area (TPSA) is 113 Å². The number of carbonyl (C=O) groups excluding carboxylic acids is 2. The highest BCUT2D eigenvalue weighted by Crippen LogP contribution is 2.59. The summed E-state index contributed by atoms with van der Waals surface area (Å²) in [5.74, 6) is 1.21. The lowest BCUT2D eigenvalue weighted by atomic mass is 9.49. The molecule has 0 atom stereocenters. The summed E-state index contributed by atoms with van der Waals surface area (Å²) in [5.41, 5.74) is 3.76. The monoisotopic (exact) mass is 396 g/mol. The van der Waals surface area contributed by atoms with Crippen molar-refractivity contribution in [2.75, 3.05) is 0 Å². The minimum atomic E-state index is -0.559. The van der Waals surface area contributed by atoms with Crippen molar-refractivity contribution in [2.24, 2.45) is 23.2 Å². The molecule has 1 heterocycles. The van der Waals surface area contributed by atoms with Crippen LogP contribution in [0.3, 0.4) is 0 Å². The summed E-state index contributed by atoms with van der Waals surface area (Å²) in [6.07, 6.45) is 6.40. The zero-order valence-electron chi connectivity index (χ0n) is 16.1. The van der Waals surface area contributed by atoms with Crippen molar-refractivity contribution in [1.29, 1.82) is 0 Å². The van der Waals surface area contributed by atoms with Crippen molar-refractivity contribution in [3.05, 3.63) is 45.0 Å². The molecular formula is C21H24N4O4. The molecule has 4 aliphatic rings. The van der Waals surface area contributed by atoms with Crippen molar-refractivity contribution < 1.29 is 9.59 Å². The Morgan fingerprint density at radius 3 is 2.17 bits per heavy atom. The molecule has 4 saturated carbocycles. The number of nitrogens with zero attached hydrogens (tertiary/aromatic N) is 1. The summed E-state index contributed by atoms with van der Waals surface area (Å²) in [7, 11) is 0. The molecule has 4 bridgehead atoms. The Hall–Kier alpha value is -2.90. The van der Waals surface area contributed by atoms with Gasteiger partial charge in [-0.25, -0.2) is 4.68 Å². The van der Waals surface area contributed by atoms with Crippen LogP contribution in [-0.2, 0) is 16.1 Å². The van der Waals surface area contributed by atoms with Crippen LogP contribution >= 0.6 is 0 Å². The van der Waals surface area contributed by atoms with Crippen molar-refractivity contribution in [3.63, 3.8) is 0 Å². The third kappa shape index (κ3) is 3.07. The van der Waals surface area contributed by atoms with E-state index in [9.17, 15) is 19.2 Å². The van der Waals surface area contributed by atoms with Crippen LogP contribution in [0.25, 0.3) is 10.8 Å². The molecular weight excluding hydrogens is 372 g/mol. The number of rotatable bonds is 3. The van der Waals surface area contributed by atoms with Gasteiger partial charge in [0.15, 0.2) is 0 Å². The molecule has 0 saturated heterocycles. The molecule has 8 heteroatoms. The lowest BCUT2D eigenvalue weighted by molar-refractivity contribution is -0.149. The largest absolute Gasteiger partial charge is 0.273 e. The van der Waals surface area contributed by atoms with E-state index in [4.69, 9.17) is 0 Å². The van der Waals surface area contributed by atoms with E-state index in [0.717, 1.165) is 23.9 Å². The second kappa shape index (κ2) is 6.57. The Bertz CT molecular complexity index is 1080. The van der Waals surface area contributed by atoms with Gasteiger partial charge in [-0.1, -0.05) is 12.1 Å². The van der Waals surface area contributed by atoms with Gasteiger partial charge in [0.2, 0.25) is 5.91 Å². The molecule has 3 N–H and O–H groups in total. The molecule has 2 amide bonds. The minimum Gasteiger partial charge on any atom is -0.273 e. The van der Waals surface area contributed by atoms with E-state index in [1.54, 1.807) is 24.3 Å². The Morgan fingerprint density at radius 1 is 0.966 bits per heavy atom. The van der Waals surface area contributed by atoms with Crippen LogP contribution in [0.2, 0.25) is 0 Å². The van der Waals surface area contributed by atoms with E-state index < -0.39 is 17.0 Å². The number of aromatic amines is 1. The van der Waals surface area contributed by atoms with Gasteiger partial charge >= 0.3 is 0 Å². The maximum absolute atomic E-state index is 12.9. The van der Waals surface area contributed by atoms with Crippen LogP contribution in [0, 0.1) is 23.2 Å². The van der Waals surface area contributed by atoms with Crippen molar-refractivity contribution in [1.82, 2.24) is 20.6 Å². The molecule has 0 spiro atoms. The van der Waals surface area contributed by atoms with Gasteiger partial charge in [-0.15, -0.1) is 0 Å². The highest BCUT2D eigenvalue weighted by atomic mass is 16.2. The Kier molecular flexibility index (Phi) is 4.11. The number of nitrogens with one attached hydrogen (secondary N) is 3. The van der Waals surface area contributed by atoms with Gasteiger partial charge in [0.05, 0.1) is 16.2 Å². The second-order valence-corrected chi connectivity index (χ2v) is 9.08. The molecule has 1 aromatic heterocycles. The first-order valence-corrected chi connectivity index (χ1v) is 10.2. The van der Waals surface area contributed by atoms with Gasteiger partial charge in [-0.3, -0.25) is 35.1 Å². The van der Waals surface area contributed by atoms with Gasteiger partial charge < -0.3 is 0 Å². The fraction of sp³-hybridized carbons (Fsp3) is 0.524. The number of H-pyrrole nitrogens is 1. The summed E-state index contributed by atoms with van der Waals surface area (Å²) in [4.78, 5) is 49.9. The first kappa shape index (κ1) is 18.1. The van der Waals surface area contributed by atoms with Crippen molar-refractivity contribution in [3.8, 4) is 0 Å². The number of benzene rings is 1. The molecule has 2 aromatic rings. The number of aromatic nitrogens is 2. The SMILES string of the molecule is O=C(Cn1[nH]c(=O)c2ccccc2c1=O)NNC(=O)C12CC3CC(CC(C3)C1)C2. The van der Waals surface area contributed by atoms with Crippen LogP contribution in [0.15, 0.2) is 33.9 Å². The summed E-state index contributed by atoms with van der Waals surface area (Å²) in [6, 6.07) is 6.45. The van der Waals surface area contributed by atoms with Crippen LogP contribution < -0.4 is 22.0 Å². The molecule has 8 nitrogen and oxygen atoms in total. The Morgan fingerprint density at radius 2 is 1.55 bits per heavy atom. The predicted molar refractivity (Wildman–Crippen MR) is 106 cm³/mol. The molecule has 1 aromatic carbocycles. The van der Waals surface area contributed by atoms with Gasteiger partial charge in [0.25, 0.3) is 17.0 Å². The van der Waals surface area contributed by atoms with Crippen molar-refractivity contribution in [2.45, 2.75) is 45.1 Å². The highest BCUT2D eigenvalue weighted by molar-refractivity contribution is 5.86. The van der Waals surface area contributed by atoms with E-state index in [1.807, 2.05) is 0 Å². The fourth-order valence-electron chi connectivity index (χ4n) is 6.19. The summed E-state index contributed by atoms with van der Waals surface area (Å²) < 4.78 is 0.969. The van der Waals surface area contributed by atoms with Crippen LogP contribution in [0.5, 0.6) is 0 Å². The third-order valence-electron chi connectivity index (χ3n) is 7.02. The normalized spacial score (nSPS) is 29.7. The van der Waals surface area contributed by atoms with Gasteiger partial charge in [-0.2, -0.15) is 0 Å². The Labute approximate surface area is 166 Å². The number of hydrogen-bond acceptors (Lipinski definition) is 4. The molecule has 6 rings (SSSR count). The number of hydrazine groups is 1. The predicted octanol–water partition coefficient (Wildman–Crippen LogP) is 1.05. The van der Waals surface area contributed by atoms with E-state index in [2.05, 4.69) is 16.0 Å². The molecule has 4 aliphatic carbocycles. The number of hydrogen-bond donors (Lipinski definition) is 3. The average molecular weight is 396 g/mol. The fourth-order valence-corrected chi connectivity index (χ4v) is 6.19. The van der Waals surface area contributed by atoms with Crippen molar-refractivity contribution >= 4 is 22.6 Å². The number of carbonyl (C=O) groups is 2. The molecule has 0 radical (unpaired) electrons. The number of amides is 2. The van der Waals surface area contributed by atoms with E-state index >= 15 is 0 Å². The van der Waals surface area contributed by atoms with Gasteiger partial charge in [-0.05, 0) is 68.4 Å². The Balaban J connectivity index is 1.27. The van der Waals surface area contributed by atoms with E-state index in [0.29, 0.717) is 17.8 Å². The molecule has 29 heavy (non-hydrogen) atoms. The lowest BCUT2D eigenvalue weighted by Crippen LogP contribution is -2.57. The zero-order chi connectivity index (χ0) is 20.2. The first-order valence-electron chi connectivity index (χ1n) is 10.2. The molecule has 0 unspecified atom stereocenters. The quantitative estimate of drug-likeness (QED) is 0.673. The summed E-state index contributed by atoms with van der Waals surface area (Å²) in [6.45, 7) is -0.375. The smallest absolute Gasteiger partial charge is 0.273 e. The van der Waals surface area contributed by atoms with Crippen LogP contribution in [0.4, 0.5) is 0 Å². The van der Waals surface area contributed by atoms with Crippen LogP contribution in [0.1, 0.15) is 38.5 Å². The van der Waals surface area contributed by atoms with E-state index in [-0.39, 0.29) is 28.6 Å². The molecule has 4 fully saturated rings. The third-order valence-corrected chi connectivity index (χ3v) is 7.02. The van der Waals surface area contributed by atoms with Gasteiger partial charge in [0.1, 0.15) is 6.54 Å². The molecule has 152 valence electrons.